The summed E-state index contributed by atoms with van der Waals surface area (Å²) >= 11 is 5.99. The van der Waals surface area contributed by atoms with Gasteiger partial charge in [-0.25, -0.2) is 0 Å². The zero-order chi connectivity index (χ0) is 13.7. The van der Waals surface area contributed by atoms with E-state index in [0.717, 1.165) is 25.4 Å². The molecule has 1 aliphatic carbocycles. The maximum atomic E-state index is 5.99. The molecule has 1 heterocycles. The summed E-state index contributed by atoms with van der Waals surface area (Å²) in [7, 11) is 2.05. The standard InChI is InChI=1S/C15H26ClN3/c1-3-13-11-15(18(2)17-13)12-19(10-9-16)14-7-5-4-6-8-14/h11,14H,3-10,12H2,1-2H3. The van der Waals surface area contributed by atoms with Gasteiger partial charge >= 0.3 is 0 Å². The number of alkyl halides is 1. The van der Waals surface area contributed by atoms with Crippen LogP contribution >= 0.6 is 11.6 Å². The van der Waals surface area contributed by atoms with Gasteiger partial charge in [0.2, 0.25) is 0 Å². The van der Waals surface area contributed by atoms with E-state index in [-0.39, 0.29) is 0 Å². The van der Waals surface area contributed by atoms with Crippen molar-refractivity contribution in [1.29, 1.82) is 0 Å². The Morgan fingerprint density at radius 1 is 1.37 bits per heavy atom. The Kier molecular flexibility index (Phi) is 5.71. The van der Waals surface area contributed by atoms with Gasteiger partial charge in [-0.05, 0) is 25.3 Å². The molecule has 108 valence electrons. The topological polar surface area (TPSA) is 21.1 Å². The number of aromatic nitrogens is 2. The molecule has 19 heavy (non-hydrogen) atoms. The van der Waals surface area contributed by atoms with E-state index in [1.807, 2.05) is 11.7 Å². The summed E-state index contributed by atoms with van der Waals surface area (Å²) in [5.41, 5.74) is 2.50. The molecule has 2 rings (SSSR count). The summed E-state index contributed by atoms with van der Waals surface area (Å²) in [6.45, 7) is 4.13. The number of aryl methyl sites for hydroxylation is 2. The molecule has 0 radical (unpaired) electrons. The minimum absolute atomic E-state index is 0.715. The van der Waals surface area contributed by atoms with Gasteiger partial charge in [0.05, 0.1) is 11.4 Å². The van der Waals surface area contributed by atoms with E-state index in [9.17, 15) is 0 Å². The van der Waals surface area contributed by atoms with E-state index in [0.29, 0.717) is 6.04 Å². The summed E-state index contributed by atoms with van der Waals surface area (Å²) in [5.74, 6) is 0.717. The molecule has 1 aromatic rings. The van der Waals surface area contributed by atoms with Crippen molar-refractivity contribution in [2.45, 2.75) is 58.0 Å². The lowest BCUT2D eigenvalue weighted by molar-refractivity contribution is 0.153. The smallest absolute Gasteiger partial charge is 0.0625 e. The van der Waals surface area contributed by atoms with Crippen LogP contribution in [0.25, 0.3) is 0 Å². The second-order valence-electron chi connectivity index (χ2n) is 5.56. The lowest BCUT2D eigenvalue weighted by atomic mass is 9.94. The molecule has 3 nitrogen and oxygen atoms in total. The van der Waals surface area contributed by atoms with Gasteiger partial charge in [0, 0.05) is 32.1 Å². The van der Waals surface area contributed by atoms with Gasteiger partial charge in [0.25, 0.3) is 0 Å². The van der Waals surface area contributed by atoms with Crippen LogP contribution in [0.5, 0.6) is 0 Å². The van der Waals surface area contributed by atoms with E-state index in [2.05, 4.69) is 23.0 Å². The van der Waals surface area contributed by atoms with E-state index in [4.69, 9.17) is 11.6 Å². The predicted octanol–water partition coefficient (Wildman–Crippen LogP) is 3.36. The Morgan fingerprint density at radius 3 is 2.68 bits per heavy atom. The van der Waals surface area contributed by atoms with Crippen molar-refractivity contribution in [3.05, 3.63) is 17.5 Å². The summed E-state index contributed by atoms with van der Waals surface area (Å²) in [5, 5.41) is 4.54. The zero-order valence-corrected chi connectivity index (χ0v) is 13.0. The SMILES string of the molecule is CCc1cc(CN(CCCl)C2CCCCC2)n(C)n1. The zero-order valence-electron chi connectivity index (χ0n) is 12.2. The third-order valence-electron chi connectivity index (χ3n) is 4.22. The normalized spacial score (nSPS) is 17.3. The molecular weight excluding hydrogens is 258 g/mol. The van der Waals surface area contributed by atoms with E-state index >= 15 is 0 Å². The highest BCUT2D eigenvalue weighted by molar-refractivity contribution is 6.18. The van der Waals surface area contributed by atoms with Crippen molar-refractivity contribution < 1.29 is 0 Å². The van der Waals surface area contributed by atoms with Crippen molar-refractivity contribution >= 4 is 11.6 Å². The number of hydrogen-bond donors (Lipinski definition) is 0. The maximum absolute atomic E-state index is 5.99. The van der Waals surface area contributed by atoms with Crippen LogP contribution in [0.15, 0.2) is 6.07 Å². The second kappa shape index (κ2) is 7.30. The lowest BCUT2D eigenvalue weighted by Crippen LogP contribution is -2.38. The summed E-state index contributed by atoms with van der Waals surface area (Å²) in [6, 6.07) is 2.96. The van der Waals surface area contributed by atoms with Crippen LogP contribution in [0.3, 0.4) is 0 Å². The van der Waals surface area contributed by atoms with Gasteiger partial charge in [-0.1, -0.05) is 26.2 Å². The molecule has 0 spiro atoms. The molecule has 0 aliphatic heterocycles. The summed E-state index contributed by atoms with van der Waals surface area (Å²) in [6.07, 6.45) is 7.80. The van der Waals surface area contributed by atoms with Crippen molar-refractivity contribution in [1.82, 2.24) is 14.7 Å². The number of halogens is 1. The average Bonchev–Trinajstić information content (AvgIpc) is 2.80. The first-order valence-electron chi connectivity index (χ1n) is 7.56. The molecule has 0 N–H and O–H groups in total. The van der Waals surface area contributed by atoms with Crippen LogP contribution < -0.4 is 0 Å². The van der Waals surface area contributed by atoms with Gasteiger partial charge in [-0.2, -0.15) is 5.10 Å². The first kappa shape index (κ1) is 14.9. The molecule has 0 atom stereocenters. The van der Waals surface area contributed by atoms with Gasteiger partial charge in [-0.3, -0.25) is 9.58 Å². The molecule has 1 aromatic heterocycles. The molecule has 1 fully saturated rings. The van der Waals surface area contributed by atoms with Crippen LogP contribution in [0.4, 0.5) is 0 Å². The van der Waals surface area contributed by atoms with Crippen LogP contribution in [0.2, 0.25) is 0 Å². The Hall–Kier alpha value is -0.540. The summed E-state index contributed by atoms with van der Waals surface area (Å²) in [4.78, 5) is 2.56. The minimum Gasteiger partial charge on any atom is -0.293 e. The minimum atomic E-state index is 0.715. The quantitative estimate of drug-likeness (QED) is 0.747. The largest absolute Gasteiger partial charge is 0.293 e. The first-order chi connectivity index (χ1) is 9.24. The molecule has 0 bridgehead atoms. The molecule has 4 heteroatoms. The third kappa shape index (κ3) is 3.96. The number of rotatable bonds is 6. The summed E-state index contributed by atoms with van der Waals surface area (Å²) < 4.78 is 2.03. The Bertz CT molecular complexity index is 383. The molecular formula is C15H26ClN3. The van der Waals surface area contributed by atoms with Gasteiger partial charge in [0.15, 0.2) is 0 Å². The van der Waals surface area contributed by atoms with Crippen molar-refractivity contribution in [2.24, 2.45) is 7.05 Å². The maximum Gasteiger partial charge on any atom is 0.0625 e. The molecule has 0 unspecified atom stereocenters. The van der Waals surface area contributed by atoms with E-state index in [1.165, 1.54) is 43.5 Å². The fraction of sp³-hybridized carbons (Fsp3) is 0.800. The first-order valence-corrected chi connectivity index (χ1v) is 8.09. The van der Waals surface area contributed by atoms with Crippen molar-refractivity contribution in [2.75, 3.05) is 12.4 Å². The Balaban J connectivity index is 2.04. The third-order valence-corrected chi connectivity index (χ3v) is 4.39. The highest BCUT2D eigenvalue weighted by atomic mass is 35.5. The van der Waals surface area contributed by atoms with Crippen LogP contribution in [-0.4, -0.2) is 33.1 Å². The van der Waals surface area contributed by atoms with Gasteiger partial charge in [-0.15, -0.1) is 11.6 Å². The predicted molar refractivity (Wildman–Crippen MR) is 80.6 cm³/mol. The highest BCUT2D eigenvalue weighted by Gasteiger charge is 2.21. The van der Waals surface area contributed by atoms with E-state index < -0.39 is 0 Å². The molecule has 0 saturated heterocycles. The fourth-order valence-corrected chi connectivity index (χ4v) is 3.26. The second-order valence-corrected chi connectivity index (χ2v) is 5.93. The van der Waals surface area contributed by atoms with Crippen LogP contribution in [0, 0.1) is 0 Å². The highest BCUT2D eigenvalue weighted by Crippen LogP contribution is 2.24. The Morgan fingerprint density at radius 2 is 2.11 bits per heavy atom. The Labute approximate surface area is 121 Å². The number of nitrogens with zero attached hydrogens (tertiary/aromatic N) is 3. The molecule has 1 saturated carbocycles. The fourth-order valence-electron chi connectivity index (χ4n) is 3.05. The average molecular weight is 284 g/mol. The van der Waals surface area contributed by atoms with Crippen LogP contribution in [-0.2, 0) is 20.0 Å². The molecule has 1 aliphatic rings. The molecule has 0 aromatic carbocycles. The van der Waals surface area contributed by atoms with Crippen molar-refractivity contribution in [3.63, 3.8) is 0 Å². The van der Waals surface area contributed by atoms with E-state index in [1.54, 1.807) is 0 Å². The lowest BCUT2D eigenvalue weighted by Gasteiger charge is -2.33. The van der Waals surface area contributed by atoms with Gasteiger partial charge in [0.1, 0.15) is 0 Å². The number of hydrogen-bond acceptors (Lipinski definition) is 2. The molecule has 0 amide bonds. The van der Waals surface area contributed by atoms with Crippen LogP contribution in [0.1, 0.15) is 50.4 Å². The monoisotopic (exact) mass is 283 g/mol. The van der Waals surface area contributed by atoms with Crippen molar-refractivity contribution in [3.8, 4) is 0 Å². The van der Waals surface area contributed by atoms with Gasteiger partial charge < -0.3 is 0 Å².